The van der Waals surface area contributed by atoms with Crippen molar-refractivity contribution in [1.29, 1.82) is 0 Å². The molecule has 0 aliphatic heterocycles. The summed E-state index contributed by atoms with van der Waals surface area (Å²) in [6, 6.07) is 5.82. The quantitative estimate of drug-likeness (QED) is 0.586. The first kappa shape index (κ1) is 12.5. The van der Waals surface area contributed by atoms with Crippen LogP contribution in [0.15, 0.2) is 18.2 Å². The summed E-state index contributed by atoms with van der Waals surface area (Å²) in [6.45, 7) is 6.37. The molecule has 0 radical (unpaired) electrons. The fourth-order valence-corrected chi connectivity index (χ4v) is 1.93. The van der Waals surface area contributed by atoms with Crippen molar-refractivity contribution in [2.75, 3.05) is 7.11 Å². The summed E-state index contributed by atoms with van der Waals surface area (Å²) in [7, 11) is 1.40. The molecule has 82 valence electrons. The van der Waals surface area contributed by atoms with Gasteiger partial charge in [-0.3, -0.25) is 0 Å². The van der Waals surface area contributed by atoms with E-state index in [4.69, 9.17) is 4.74 Å². The van der Waals surface area contributed by atoms with Crippen LogP contribution >= 0.6 is 22.6 Å². The summed E-state index contributed by atoms with van der Waals surface area (Å²) in [5.41, 5.74) is 1.81. The number of hydrogen-bond acceptors (Lipinski definition) is 2. The van der Waals surface area contributed by atoms with Crippen molar-refractivity contribution >= 4 is 28.6 Å². The van der Waals surface area contributed by atoms with E-state index in [-0.39, 0.29) is 11.4 Å². The molecule has 0 bridgehead atoms. The Morgan fingerprint density at radius 1 is 1.27 bits per heavy atom. The maximum absolute atomic E-state index is 11.4. The van der Waals surface area contributed by atoms with Gasteiger partial charge >= 0.3 is 5.97 Å². The topological polar surface area (TPSA) is 26.3 Å². The minimum Gasteiger partial charge on any atom is -0.465 e. The first-order valence-electron chi connectivity index (χ1n) is 4.74. The van der Waals surface area contributed by atoms with Gasteiger partial charge in [-0.15, -0.1) is 0 Å². The second-order valence-corrected chi connectivity index (χ2v) is 5.72. The van der Waals surface area contributed by atoms with Gasteiger partial charge in [-0.1, -0.05) is 20.8 Å². The number of carbonyl (C=O) groups is 1. The van der Waals surface area contributed by atoms with Crippen LogP contribution in [0.3, 0.4) is 0 Å². The van der Waals surface area contributed by atoms with Crippen LogP contribution in [0, 0.1) is 3.57 Å². The van der Waals surface area contributed by atoms with Gasteiger partial charge in [-0.25, -0.2) is 4.79 Å². The van der Waals surface area contributed by atoms with Crippen molar-refractivity contribution in [3.8, 4) is 0 Å². The molecule has 0 aliphatic rings. The SMILES string of the molecule is COC(=O)c1cc(I)cc(C(C)(C)C)c1. The average Bonchev–Trinajstić information content (AvgIpc) is 2.14. The lowest BCUT2D eigenvalue weighted by Gasteiger charge is -2.20. The molecule has 0 aromatic heterocycles. The third-order valence-corrected chi connectivity index (χ3v) is 2.81. The number of halogens is 1. The van der Waals surface area contributed by atoms with Crippen molar-refractivity contribution in [2.45, 2.75) is 26.2 Å². The second kappa shape index (κ2) is 4.51. The molecule has 0 saturated carbocycles. The van der Waals surface area contributed by atoms with Gasteiger partial charge < -0.3 is 4.74 Å². The Kier molecular flexibility index (Phi) is 3.76. The van der Waals surface area contributed by atoms with Crippen LogP contribution in [0.5, 0.6) is 0 Å². The van der Waals surface area contributed by atoms with E-state index in [1.54, 1.807) is 0 Å². The number of esters is 1. The molecule has 0 amide bonds. The second-order valence-electron chi connectivity index (χ2n) is 4.47. The lowest BCUT2D eigenvalue weighted by molar-refractivity contribution is 0.0600. The molecule has 0 N–H and O–H groups in total. The van der Waals surface area contributed by atoms with Crippen LogP contribution in [0.1, 0.15) is 36.7 Å². The molecular weight excluding hydrogens is 303 g/mol. The molecule has 0 atom stereocenters. The molecule has 0 saturated heterocycles. The maximum atomic E-state index is 11.4. The van der Waals surface area contributed by atoms with Crippen molar-refractivity contribution in [2.24, 2.45) is 0 Å². The normalized spacial score (nSPS) is 11.3. The van der Waals surface area contributed by atoms with E-state index in [2.05, 4.69) is 49.4 Å². The minimum atomic E-state index is -0.279. The Morgan fingerprint density at radius 2 is 1.87 bits per heavy atom. The summed E-state index contributed by atoms with van der Waals surface area (Å²) >= 11 is 2.21. The van der Waals surface area contributed by atoms with Crippen molar-refractivity contribution in [3.05, 3.63) is 32.9 Å². The van der Waals surface area contributed by atoms with E-state index in [0.29, 0.717) is 5.56 Å². The third kappa shape index (κ3) is 3.19. The Labute approximate surface area is 104 Å². The molecule has 1 rings (SSSR count). The fraction of sp³-hybridized carbons (Fsp3) is 0.417. The highest BCUT2D eigenvalue weighted by Gasteiger charge is 2.17. The Bertz CT molecular complexity index is 378. The predicted molar refractivity (Wildman–Crippen MR) is 69.2 cm³/mol. The zero-order valence-corrected chi connectivity index (χ0v) is 11.6. The number of hydrogen-bond donors (Lipinski definition) is 0. The molecule has 0 aliphatic carbocycles. The van der Waals surface area contributed by atoms with Gasteiger partial charge in [0.15, 0.2) is 0 Å². The average molecular weight is 318 g/mol. The van der Waals surface area contributed by atoms with Crippen LogP contribution in [0.25, 0.3) is 0 Å². The first-order chi connectivity index (χ1) is 6.84. The molecule has 0 spiro atoms. The molecule has 0 heterocycles. The van der Waals surface area contributed by atoms with Crippen LogP contribution in [-0.2, 0) is 10.2 Å². The van der Waals surface area contributed by atoms with Gasteiger partial charge in [0.1, 0.15) is 0 Å². The highest BCUT2D eigenvalue weighted by Crippen LogP contribution is 2.25. The van der Waals surface area contributed by atoms with E-state index in [1.165, 1.54) is 7.11 Å². The number of benzene rings is 1. The largest absolute Gasteiger partial charge is 0.465 e. The lowest BCUT2D eigenvalue weighted by atomic mass is 9.86. The van der Waals surface area contributed by atoms with E-state index < -0.39 is 0 Å². The minimum absolute atomic E-state index is 0.0456. The molecule has 3 heteroatoms. The summed E-state index contributed by atoms with van der Waals surface area (Å²) in [6.07, 6.45) is 0. The molecule has 1 aromatic carbocycles. The van der Waals surface area contributed by atoms with E-state index in [0.717, 1.165) is 9.13 Å². The van der Waals surface area contributed by atoms with Gasteiger partial charge in [-0.05, 0) is 51.8 Å². The summed E-state index contributed by atoms with van der Waals surface area (Å²) < 4.78 is 5.77. The maximum Gasteiger partial charge on any atom is 0.337 e. The van der Waals surface area contributed by atoms with Gasteiger partial charge in [0.25, 0.3) is 0 Å². The highest BCUT2D eigenvalue weighted by molar-refractivity contribution is 14.1. The number of methoxy groups -OCH3 is 1. The van der Waals surface area contributed by atoms with Crippen LogP contribution in [0.4, 0.5) is 0 Å². The lowest BCUT2D eigenvalue weighted by Crippen LogP contribution is -2.13. The number of carbonyl (C=O) groups excluding carboxylic acids is 1. The molecule has 15 heavy (non-hydrogen) atoms. The summed E-state index contributed by atoms with van der Waals surface area (Å²) in [4.78, 5) is 11.4. The van der Waals surface area contributed by atoms with E-state index in [9.17, 15) is 4.79 Å². The zero-order valence-electron chi connectivity index (χ0n) is 9.43. The van der Waals surface area contributed by atoms with E-state index in [1.807, 2.05) is 12.1 Å². The Morgan fingerprint density at radius 3 is 2.33 bits per heavy atom. The highest BCUT2D eigenvalue weighted by atomic mass is 127. The fourth-order valence-electron chi connectivity index (χ4n) is 1.26. The van der Waals surface area contributed by atoms with Crippen LogP contribution < -0.4 is 0 Å². The van der Waals surface area contributed by atoms with Gasteiger partial charge in [0, 0.05) is 3.57 Å². The van der Waals surface area contributed by atoms with Gasteiger partial charge in [0.2, 0.25) is 0 Å². The molecule has 0 fully saturated rings. The van der Waals surface area contributed by atoms with Crippen molar-refractivity contribution < 1.29 is 9.53 Å². The van der Waals surface area contributed by atoms with Gasteiger partial charge in [0.05, 0.1) is 12.7 Å². The predicted octanol–water partition coefficient (Wildman–Crippen LogP) is 3.38. The third-order valence-electron chi connectivity index (χ3n) is 2.18. The molecular formula is C12H15IO2. The summed E-state index contributed by atoms with van der Waals surface area (Å²) in [5, 5.41) is 0. The number of rotatable bonds is 1. The van der Waals surface area contributed by atoms with Crippen molar-refractivity contribution in [3.63, 3.8) is 0 Å². The van der Waals surface area contributed by atoms with Crippen LogP contribution in [0.2, 0.25) is 0 Å². The summed E-state index contributed by atoms with van der Waals surface area (Å²) in [5.74, 6) is -0.279. The molecule has 2 nitrogen and oxygen atoms in total. The Balaban J connectivity index is 3.23. The first-order valence-corrected chi connectivity index (χ1v) is 5.82. The monoisotopic (exact) mass is 318 g/mol. The zero-order chi connectivity index (χ0) is 11.6. The smallest absolute Gasteiger partial charge is 0.337 e. The number of ether oxygens (including phenoxy) is 1. The molecule has 0 unspecified atom stereocenters. The van der Waals surface area contributed by atoms with Crippen LogP contribution in [-0.4, -0.2) is 13.1 Å². The molecule has 1 aromatic rings. The standard InChI is InChI=1S/C12H15IO2/c1-12(2,3)9-5-8(11(14)15-4)6-10(13)7-9/h5-7H,1-4H3. The van der Waals surface area contributed by atoms with Gasteiger partial charge in [-0.2, -0.15) is 0 Å². The van der Waals surface area contributed by atoms with Crippen molar-refractivity contribution in [1.82, 2.24) is 0 Å². The Hall–Kier alpha value is -0.580. The van der Waals surface area contributed by atoms with E-state index >= 15 is 0 Å².